The van der Waals surface area contributed by atoms with Gasteiger partial charge in [-0.25, -0.2) is 0 Å². The van der Waals surface area contributed by atoms with E-state index in [9.17, 15) is 9.59 Å². The first-order valence-electron chi connectivity index (χ1n) is 10.0. The Morgan fingerprint density at radius 1 is 0.788 bits per heavy atom. The van der Waals surface area contributed by atoms with Crippen LogP contribution in [-0.2, 0) is 0 Å². The van der Waals surface area contributed by atoms with Gasteiger partial charge in [-0.15, -0.1) is 5.10 Å². The number of carbonyl (C=O) groups is 2. The van der Waals surface area contributed by atoms with E-state index >= 15 is 0 Å². The van der Waals surface area contributed by atoms with E-state index < -0.39 is 5.91 Å². The molecule has 4 aromatic rings. The molecule has 0 spiro atoms. The van der Waals surface area contributed by atoms with Gasteiger partial charge in [0.2, 0.25) is 0 Å². The molecule has 1 aromatic heterocycles. The molecule has 0 fully saturated rings. The van der Waals surface area contributed by atoms with Gasteiger partial charge < -0.3 is 20.1 Å². The second-order valence-corrected chi connectivity index (χ2v) is 6.88. The highest BCUT2D eigenvalue weighted by Crippen LogP contribution is 2.36. The van der Waals surface area contributed by atoms with Gasteiger partial charge >= 0.3 is 0 Å². The van der Waals surface area contributed by atoms with Gasteiger partial charge in [-0.2, -0.15) is 9.90 Å². The van der Waals surface area contributed by atoms with Crippen molar-refractivity contribution in [3.05, 3.63) is 90.3 Å². The van der Waals surface area contributed by atoms with Gasteiger partial charge in [-0.3, -0.25) is 9.59 Å². The quantitative estimate of drug-likeness (QED) is 0.450. The fourth-order valence-corrected chi connectivity index (χ4v) is 3.12. The first-order valence-corrected chi connectivity index (χ1v) is 10.0. The fraction of sp³-hybridized carbons (Fsp3) is 0.0833. The first-order chi connectivity index (χ1) is 16.1. The standard InChI is InChI=1S/C24H21N5O4/c1-32-21-14-19(22(33-2)13-18(21)26-23(30)16-9-5-3-6-10-16)27-24(31)20-15-25-29(28-20)17-11-7-4-8-12-17/h3-15H,1-2H3,(H,26,30)(H,27,31). The van der Waals surface area contributed by atoms with E-state index in [0.29, 0.717) is 28.4 Å². The minimum absolute atomic E-state index is 0.126. The lowest BCUT2D eigenvalue weighted by atomic mass is 10.2. The van der Waals surface area contributed by atoms with Crippen LogP contribution in [0.25, 0.3) is 5.69 Å². The summed E-state index contributed by atoms with van der Waals surface area (Å²) in [5, 5.41) is 13.9. The molecule has 4 rings (SSSR count). The lowest BCUT2D eigenvalue weighted by Gasteiger charge is -2.16. The summed E-state index contributed by atoms with van der Waals surface area (Å²) in [4.78, 5) is 26.7. The first kappa shape index (κ1) is 21.6. The Labute approximate surface area is 190 Å². The number of hydrogen-bond acceptors (Lipinski definition) is 6. The number of amides is 2. The monoisotopic (exact) mass is 443 g/mol. The molecule has 0 unspecified atom stereocenters. The molecule has 0 atom stereocenters. The van der Waals surface area contributed by atoms with Crippen molar-refractivity contribution in [3.8, 4) is 17.2 Å². The number of rotatable bonds is 7. The molecule has 166 valence electrons. The van der Waals surface area contributed by atoms with Crippen LogP contribution in [0.15, 0.2) is 79.0 Å². The Hall–Kier alpha value is -4.66. The number of nitrogens with zero attached hydrogens (tertiary/aromatic N) is 3. The highest BCUT2D eigenvalue weighted by Gasteiger charge is 2.18. The maximum Gasteiger partial charge on any atom is 0.277 e. The number of methoxy groups -OCH3 is 2. The smallest absolute Gasteiger partial charge is 0.277 e. The summed E-state index contributed by atoms with van der Waals surface area (Å²) >= 11 is 0. The van der Waals surface area contributed by atoms with Crippen molar-refractivity contribution in [1.29, 1.82) is 0 Å². The average Bonchev–Trinajstić information content (AvgIpc) is 3.36. The van der Waals surface area contributed by atoms with Crippen LogP contribution in [0.1, 0.15) is 20.8 Å². The molecule has 3 aromatic carbocycles. The summed E-state index contributed by atoms with van der Waals surface area (Å²) in [6.45, 7) is 0. The molecule has 0 aliphatic rings. The molecule has 1 heterocycles. The number of anilines is 2. The van der Waals surface area contributed by atoms with Gasteiger partial charge in [0.25, 0.3) is 11.8 Å². The van der Waals surface area contributed by atoms with E-state index in [0.717, 1.165) is 5.69 Å². The van der Waals surface area contributed by atoms with Crippen molar-refractivity contribution in [2.24, 2.45) is 0 Å². The van der Waals surface area contributed by atoms with Crippen molar-refractivity contribution in [2.75, 3.05) is 24.9 Å². The van der Waals surface area contributed by atoms with E-state index in [4.69, 9.17) is 9.47 Å². The average molecular weight is 443 g/mol. The van der Waals surface area contributed by atoms with Crippen molar-refractivity contribution in [3.63, 3.8) is 0 Å². The third-order valence-corrected chi connectivity index (χ3v) is 4.77. The normalized spacial score (nSPS) is 10.4. The Kier molecular flexibility index (Phi) is 6.31. The highest BCUT2D eigenvalue weighted by molar-refractivity contribution is 6.06. The molecule has 0 saturated heterocycles. The van der Waals surface area contributed by atoms with Gasteiger partial charge in [0, 0.05) is 17.7 Å². The molecule has 9 heteroatoms. The van der Waals surface area contributed by atoms with Crippen LogP contribution < -0.4 is 20.1 Å². The van der Waals surface area contributed by atoms with Gasteiger partial charge in [0.15, 0.2) is 5.69 Å². The van der Waals surface area contributed by atoms with Gasteiger partial charge in [-0.05, 0) is 24.3 Å². The lowest BCUT2D eigenvalue weighted by molar-refractivity contribution is 0.101. The minimum Gasteiger partial charge on any atom is -0.494 e. The number of aromatic nitrogens is 3. The molecule has 0 saturated carbocycles. The highest BCUT2D eigenvalue weighted by atomic mass is 16.5. The molecule has 9 nitrogen and oxygen atoms in total. The van der Waals surface area contributed by atoms with Gasteiger partial charge in [-0.1, -0.05) is 36.4 Å². The van der Waals surface area contributed by atoms with Crippen molar-refractivity contribution >= 4 is 23.2 Å². The molecular formula is C24H21N5O4. The van der Waals surface area contributed by atoms with Crippen LogP contribution in [-0.4, -0.2) is 41.0 Å². The van der Waals surface area contributed by atoms with E-state index in [1.807, 2.05) is 36.4 Å². The summed E-state index contributed by atoms with van der Waals surface area (Å²) < 4.78 is 10.8. The zero-order valence-corrected chi connectivity index (χ0v) is 18.0. The largest absolute Gasteiger partial charge is 0.494 e. The summed E-state index contributed by atoms with van der Waals surface area (Å²) in [5.41, 5.74) is 2.11. The zero-order valence-electron chi connectivity index (χ0n) is 18.0. The SMILES string of the molecule is COc1cc(NC(=O)c2cnn(-c3ccccc3)n2)c(OC)cc1NC(=O)c1ccccc1. The summed E-state index contributed by atoms with van der Waals surface area (Å²) in [6.07, 6.45) is 1.38. The van der Waals surface area contributed by atoms with Crippen LogP contribution in [0.4, 0.5) is 11.4 Å². The minimum atomic E-state index is -0.474. The van der Waals surface area contributed by atoms with E-state index in [1.165, 1.54) is 25.2 Å². The van der Waals surface area contributed by atoms with E-state index in [1.54, 1.807) is 36.4 Å². The third-order valence-electron chi connectivity index (χ3n) is 4.77. The van der Waals surface area contributed by atoms with E-state index in [-0.39, 0.29) is 11.6 Å². The lowest BCUT2D eigenvalue weighted by Crippen LogP contribution is -2.15. The maximum atomic E-state index is 12.8. The topological polar surface area (TPSA) is 107 Å². The van der Waals surface area contributed by atoms with Crippen LogP contribution in [0.3, 0.4) is 0 Å². The number of nitrogens with one attached hydrogen (secondary N) is 2. The predicted octanol–water partition coefficient (Wildman–Crippen LogP) is 3.79. The second-order valence-electron chi connectivity index (χ2n) is 6.88. The van der Waals surface area contributed by atoms with Crippen molar-refractivity contribution < 1.29 is 19.1 Å². The zero-order chi connectivity index (χ0) is 23.2. The Bertz CT molecular complexity index is 1270. The Balaban J connectivity index is 1.56. The predicted molar refractivity (Wildman–Crippen MR) is 123 cm³/mol. The molecule has 33 heavy (non-hydrogen) atoms. The van der Waals surface area contributed by atoms with Crippen LogP contribution >= 0.6 is 0 Å². The maximum absolute atomic E-state index is 12.8. The molecule has 0 radical (unpaired) electrons. The second kappa shape index (κ2) is 9.65. The fourth-order valence-electron chi connectivity index (χ4n) is 3.12. The summed E-state index contributed by atoms with van der Waals surface area (Å²) in [5.74, 6) is -0.0878. The molecule has 0 aliphatic carbocycles. The molecule has 0 bridgehead atoms. The van der Waals surface area contributed by atoms with Crippen LogP contribution in [0.5, 0.6) is 11.5 Å². The molecule has 0 aliphatic heterocycles. The Morgan fingerprint density at radius 2 is 1.33 bits per heavy atom. The molecule has 2 N–H and O–H groups in total. The third kappa shape index (κ3) is 4.82. The summed E-state index contributed by atoms with van der Waals surface area (Å²) in [6, 6.07) is 21.2. The van der Waals surface area contributed by atoms with E-state index in [2.05, 4.69) is 20.8 Å². The molecule has 2 amide bonds. The van der Waals surface area contributed by atoms with Crippen LogP contribution in [0, 0.1) is 0 Å². The summed E-state index contributed by atoms with van der Waals surface area (Å²) in [7, 11) is 2.93. The number of ether oxygens (including phenoxy) is 2. The number of para-hydroxylation sites is 1. The van der Waals surface area contributed by atoms with Crippen molar-refractivity contribution in [2.45, 2.75) is 0 Å². The van der Waals surface area contributed by atoms with Crippen molar-refractivity contribution in [1.82, 2.24) is 15.0 Å². The Morgan fingerprint density at radius 3 is 1.91 bits per heavy atom. The molecular weight excluding hydrogens is 422 g/mol. The number of hydrogen-bond donors (Lipinski definition) is 2. The van der Waals surface area contributed by atoms with Crippen LogP contribution in [0.2, 0.25) is 0 Å². The van der Waals surface area contributed by atoms with Gasteiger partial charge in [0.05, 0.1) is 37.5 Å². The number of carbonyl (C=O) groups excluding carboxylic acids is 2. The van der Waals surface area contributed by atoms with Gasteiger partial charge in [0.1, 0.15) is 11.5 Å². The number of benzene rings is 3.